The average Bonchev–Trinajstić information content (AvgIpc) is 2.96. The number of carbonyl (C=O) groups excluding carboxylic acids is 1. The average molecular weight is 335 g/mol. The fourth-order valence-electron chi connectivity index (χ4n) is 2.74. The van der Waals surface area contributed by atoms with Crippen molar-refractivity contribution in [1.29, 1.82) is 0 Å². The lowest BCUT2D eigenvalue weighted by Crippen LogP contribution is -2.05. The van der Waals surface area contributed by atoms with Crippen LogP contribution in [0.25, 0.3) is 6.08 Å². The fourth-order valence-corrected chi connectivity index (χ4v) is 2.74. The maximum absolute atomic E-state index is 12.0. The Morgan fingerprint density at radius 2 is 1.84 bits per heavy atom. The molecule has 3 rings (SSSR count). The van der Waals surface area contributed by atoms with E-state index in [1.807, 2.05) is 50.2 Å². The van der Waals surface area contributed by atoms with Crippen LogP contribution in [0.1, 0.15) is 28.7 Å². The molecule has 0 aliphatic carbocycles. The van der Waals surface area contributed by atoms with Crippen LogP contribution < -0.4 is 4.74 Å². The van der Waals surface area contributed by atoms with Gasteiger partial charge < -0.3 is 9.47 Å². The molecule has 0 aromatic heterocycles. The first-order chi connectivity index (χ1) is 12.0. The van der Waals surface area contributed by atoms with Gasteiger partial charge in [0.15, 0.2) is 11.6 Å². The summed E-state index contributed by atoms with van der Waals surface area (Å²) in [5.74, 6) is 0.911. The third-order valence-electron chi connectivity index (χ3n) is 4.17. The molecule has 0 radical (unpaired) electrons. The number of hydrogen-bond acceptors (Lipinski definition) is 4. The molecule has 0 N–H and O–H groups in total. The summed E-state index contributed by atoms with van der Waals surface area (Å²) in [6, 6.07) is 13.9. The van der Waals surface area contributed by atoms with Gasteiger partial charge >= 0.3 is 5.97 Å². The van der Waals surface area contributed by atoms with E-state index in [0.29, 0.717) is 18.0 Å². The summed E-state index contributed by atoms with van der Waals surface area (Å²) >= 11 is 0. The highest BCUT2D eigenvalue weighted by Gasteiger charge is 2.22. The Morgan fingerprint density at radius 3 is 2.52 bits per heavy atom. The molecule has 0 amide bonds. The van der Waals surface area contributed by atoms with E-state index in [4.69, 9.17) is 9.47 Å². The van der Waals surface area contributed by atoms with E-state index in [9.17, 15) is 4.79 Å². The van der Waals surface area contributed by atoms with Crippen LogP contribution in [-0.4, -0.2) is 19.0 Å². The molecule has 2 aromatic rings. The van der Waals surface area contributed by atoms with Crippen molar-refractivity contribution in [3.8, 4) is 5.75 Å². The van der Waals surface area contributed by atoms with Crippen molar-refractivity contribution in [1.82, 2.24) is 0 Å². The Bertz CT molecular complexity index is 848. The summed E-state index contributed by atoms with van der Waals surface area (Å²) in [6.07, 6.45) is 3.13. The number of nitrogens with zero attached hydrogens (tertiary/aromatic N) is 1. The van der Waals surface area contributed by atoms with Gasteiger partial charge in [-0.3, -0.25) is 0 Å². The summed E-state index contributed by atoms with van der Waals surface area (Å²) < 4.78 is 10.4. The van der Waals surface area contributed by atoms with E-state index in [0.717, 1.165) is 28.9 Å². The quantitative estimate of drug-likeness (QED) is 0.606. The third kappa shape index (κ3) is 4.15. The molecule has 4 nitrogen and oxygen atoms in total. The van der Waals surface area contributed by atoms with Gasteiger partial charge in [-0.1, -0.05) is 35.9 Å². The Morgan fingerprint density at radius 1 is 1.08 bits per heavy atom. The molecule has 0 atom stereocenters. The maximum Gasteiger partial charge on any atom is 0.363 e. The predicted molar refractivity (Wildman–Crippen MR) is 98.7 cm³/mol. The number of cyclic esters (lactones) is 1. The highest BCUT2D eigenvalue weighted by Crippen LogP contribution is 2.21. The Balaban J connectivity index is 1.70. The largest absolute Gasteiger partial charge is 0.497 e. The molecule has 4 heteroatoms. The van der Waals surface area contributed by atoms with Gasteiger partial charge in [0.1, 0.15) is 5.75 Å². The van der Waals surface area contributed by atoms with Gasteiger partial charge in [-0.15, -0.1) is 0 Å². The second kappa shape index (κ2) is 7.34. The zero-order chi connectivity index (χ0) is 17.8. The molecule has 25 heavy (non-hydrogen) atoms. The van der Waals surface area contributed by atoms with Crippen LogP contribution in [0.4, 0.5) is 0 Å². The van der Waals surface area contributed by atoms with Crippen LogP contribution in [-0.2, 0) is 16.0 Å². The minimum absolute atomic E-state index is 0.358. The lowest BCUT2D eigenvalue weighted by Gasteiger charge is -2.03. The van der Waals surface area contributed by atoms with Crippen molar-refractivity contribution in [2.45, 2.75) is 26.7 Å². The molecular formula is C21H21NO3. The molecule has 0 saturated heterocycles. The van der Waals surface area contributed by atoms with Gasteiger partial charge in [0.2, 0.25) is 0 Å². The van der Waals surface area contributed by atoms with E-state index < -0.39 is 0 Å². The monoisotopic (exact) mass is 335 g/mol. The first-order valence-corrected chi connectivity index (χ1v) is 8.27. The summed E-state index contributed by atoms with van der Waals surface area (Å²) in [6.45, 7) is 4.07. The van der Waals surface area contributed by atoms with Crippen LogP contribution >= 0.6 is 0 Å². The first-order valence-electron chi connectivity index (χ1n) is 8.27. The number of ether oxygens (including phenoxy) is 2. The Kier molecular flexibility index (Phi) is 4.98. The molecule has 0 fully saturated rings. The molecule has 0 unspecified atom stereocenters. The number of rotatable bonds is 5. The van der Waals surface area contributed by atoms with Crippen LogP contribution in [0.3, 0.4) is 0 Å². The molecule has 0 spiro atoms. The van der Waals surface area contributed by atoms with Gasteiger partial charge in [0.05, 0.1) is 7.11 Å². The highest BCUT2D eigenvalue weighted by atomic mass is 16.6. The van der Waals surface area contributed by atoms with Crippen LogP contribution in [0.5, 0.6) is 5.75 Å². The SMILES string of the molecule is COc1ccc(CCC2=N/C(=C\c3ccc(C)cc3C)C(=O)O2)cc1. The van der Waals surface area contributed by atoms with Crippen molar-refractivity contribution in [2.75, 3.05) is 7.11 Å². The summed E-state index contributed by atoms with van der Waals surface area (Å²) in [5.41, 5.74) is 4.79. The molecule has 0 bridgehead atoms. The van der Waals surface area contributed by atoms with Crippen LogP contribution in [0.2, 0.25) is 0 Å². The first kappa shape index (κ1) is 17.0. The number of aryl methyl sites for hydroxylation is 3. The van der Waals surface area contributed by atoms with Gasteiger partial charge in [0, 0.05) is 6.42 Å². The van der Waals surface area contributed by atoms with E-state index in [-0.39, 0.29) is 5.97 Å². The van der Waals surface area contributed by atoms with Crippen molar-refractivity contribution in [3.05, 3.63) is 70.4 Å². The zero-order valence-electron chi connectivity index (χ0n) is 14.7. The normalized spacial score (nSPS) is 15.2. The minimum atomic E-state index is -0.385. The fraction of sp³-hybridized carbons (Fsp3) is 0.238. The minimum Gasteiger partial charge on any atom is -0.497 e. The Hall–Kier alpha value is -2.88. The summed E-state index contributed by atoms with van der Waals surface area (Å²) in [7, 11) is 1.64. The number of esters is 1. The maximum atomic E-state index is 12.0. The number of benzene rings is 2. The van der Waals surface area contributed by atoms with Crippen molar-refractivity contribution in [3.63, 3.8) is 0 Å². The third-order valence-corrected chi connectivity index (χ3v) is 4.17. The van der Waals surface area contributed by atoms with E-state index in [1.165, 1.54) is 5.56 Å². The molecule has 1 aliphatic heterocycles. The molecule has 128 valence electrons. The molecular weight excluding hydrogens is 314 g/mol. The molecule has 1 aliphatic rings. The smallest absolute Gasteiger partial charge is 0.363 e. The van der Waals surface area contributed by atoms with E-state index in [1.54, 1.807) is 13.2 Å². The van der Waals surface area contributed by atoms with Crippen molar-refractivity contribution >= 4 is 17.9 Å². The van der Waals surface area contributed by atoms with Crippen LogP contribution in [0, 0.1) is 13.8 Å². The number of aliphatic imine (C=N–C) groups is 1. The lowest BCUT2D eigenvalue weighted by atomic mass is 10.0. The van der Waals surface area contributed by atoms with Crippen LogP contribution in [0.15, 0.2) is 53.2 Å². The predicted octanol–water partition coefficient (Wildman–Crippen LogP) is 4.24. The number of methoxy groups -OCH3 is 1. The van der Waals surface area contributed by atoms with Gasteiger partial charge in [-0.2, -0.15) is 0 Å². The van der Waals surface area contributed by atoms with Gasteiger partial charge in [-0.05, 0) is 55.2 Å². The molecule has 1 heterocycles. The standard InChI is InChI=1S/C21H21NO3/c1-14-4-8-17(15(2)12-14)13-19-21(23)25-20(22-19)11-7-16-5-9-18(24-3)10-6-16/h4-6,8-10,12-13H,7,11H2,1-3H3/b19-13-. The second-order valence-electron chi connectivity index (χ2n) is 6.13. The number of carbonyl (C=O) groups is 1. The topological polar surface area (TPSA) is 47.9 Å². The van der Waals surface area contributed by atoms with E-state index >= 15 is 0 Å². The van der Waals surface area contributed by atoms with Crippen molar-refractivity contribution in [2.24, 2.45) is 4.99 Å². The Labute approximate surface area is 147 Å². The molecule has 2 aromatic carbocycles. The molecule has 0 saturated carbocycles. The second-order valence-corrected chi connectivity index (χ2v) is 6.13. The highest BCUT2D eigenvalue weighted by molar-refractivity contribution is 6.07. The summed E-state index contributed by atoms with van der Waals surface area (Å²) in [4.78, 5) is 16.4. The number of hydrogen-bond donors (Lipinski definition) is 0. The van der Waals surface area contributed by atoms with E-state index in [2.05, 4.69) is 11.1 Å². The lowest BCUT2D eigenvalue weighted by molar-refractivity contribution is -0.130. The van der Waals surface area contributed by atoms with Crippen molar-refractivity contribution < 1.29 is 14.3 Å². The van der Waals surface area contributed by atoms with Gasteiger partial charge in [0.25, 0.3) is 0 Å². The van der Waals surface area contributed by atoms with Gasteiger partial charge in [-0.25, -0.2) is 9.79 Å². The zero-order valence-corrected chi connectivity index (χ0v) is 14.7. The summed E-state index contributed by atoms with van der Waals surface area (Å²) in [5, 5.41) is 0.